The molecule has 1 N–H and O–H groups in total. The van der Waals surface area contributed by atoms with E-state index in [9.17, 15) is 0 Å². The minimum Gasteiger partial charge on any atom is -0.311 e. The summed E-state index contributed by atoms with van der Waals surface area (Å²) in [6, 6.07) is 12.1. The smallest absolute Gasteiger partial charge is 0.00668 e. The van der Waals surface area contributed by atoms with E-state index in [1.54, 1.807) is 0 Å². The summed E-state index contributed by atoms with van der Waals surface area (Å²) in [5, 5.41) is 3.79. The van der Waals surface area contributed by atoms with Gasteiger partial charge in [0.05, 0.1) is 0 Å². The van der Waals surface area contributed by atoms with Gasteiger partial charge >= 0.3 is 0 Å². The largest absolute Gasteiger partial charge is 0.311 e. The lowest BCUT2D eigenvalue weighted by Gasteiger charge is -2.31. The van der Waals surface area contributed by atoms with Crippen molar-refractivity contribution in [3.8, 4) is 0 Å². The molecule has 0 aliphatic heterocycles. The molecule has 0 saturated heterocycles. The van der Waals surface area contributed by atoms with E-state index >= 15 is 0 Å². The van der Waals surface area contributed by atoms with Crippen LogP contribution in [0.4, 0.5) is 0 Å². The summed E-state index contributed by atoms with van der Waals surface area (Å²) in [5.74, 6) is 0. The van der Waals surface area contributed by atoms with Gasteiger partial charge < -0.3 is 5.32 Å². The number of benzene rings is 1. The zero-order valence-corrected chi connectivity index (χ0v) is 13.4. The zero-order valence-electron chi connectivity index (χ0n) is 13.4. The maximum Gasteiger partial charge on any atom is 0.00668 e. The predicted octanol–water partition coefficient (Wildman–Crippen LogP) is 4.91. The Morgan fingerprint density at radius 2 is 1.74 bits per heavy atom. The molecule has 1 heteroatoms. The first-order valence-electron chi connectivity index (χ1n) is 7.81. The first-order chi connectivity index (χ1) is 8.99. The van der Waals surface area contributed by atoms with E-state index in [4.69, 9.17) is 0 Å². The van der Waals surface area contributed by atoms with Crippen LogP contribution in [0.2, 0.25) is 0 Å². The molecule has 0 spiro atoms. The van der Waals surface area contributed by atoms with Gasteiger partial charge in [-0.15, -0.1) is 0 Å². The minimum atomic E-state index is 0.234. The maximum absolute atomic E-state index is 3.79. The molecule has 0 bridgehead atoms. The van der Waals surface area contributed by atoms with Gasteiger partial charge in [-0.05, 0) is 37.2 Å². The topological polar surface area (TPSA) is 12.0 Å². The van der Waals surface area contributed by atoms with Gasteiger partial charge in [0.1, 0.15) is 0 Å². The van der Waals surface area contributed by atoms with E-state index in [0.717, 1.165) is 0 Å². The minimum absolute atomic E-state index is 0.234. The van der Waals surface area contributed by atoms with Crippen molar-refractivity contribution in [2.45, 2.75) is 77.8 Å². The van der Waals surface area contributed by atoms with Crippen LogP contribution in [0, 0.1) is 0 Å². The highest BCUT2D eigenvalue weighted by Crippen LogP contribution is 2.28. The number of hydrogen-bond acceptors (Lipinski definition) is 1. The Labute approximate surface area is 119 Å². The van der Waals surface area contributed by atoms with E-state index in [-0.39, 0.29) is 5.41 Å². The van der Waals surface area contributed by atoms with Gasteiger partial charge in [0, 0.05) is 12.1 Å². The molecule has 0 aromatic heterocycles. The summed E-state index contributed by atoms with van der Waals surface area (Å²) in [6.07, 6.45) is 4.95. The predicted molar refractivity (Wildman–Crippen MR) is 85.7 cm³/mol. The van der Waals surface area contributed by atoms with Gasteiger partial charge in [0.25, 0.3) is 0 Å². The van der Waals surface area contributed by atoms with E-state index in [0.29, 0.717) is 12.1 Å². The SMILES string of the molecule is CCCC(CC)NC(C)CC(C)(C)c1ccccc1. The van der Waals surface area contributed by atoms with Crippen molar-refractivity contribution in [3.05, 3.63) is 35.9 Å². The van der Waals surface area contributed by atoms with Gasteiger partial charge in [0.15, 0.2) is 0 Å². The molecule has 0 heterocycles. The molecule has 1 rings (SSSR count). The fraction of sp³-hybridized carbons (Fsp3) is 0.667. The normalized spacial score (nSPS) is 15.2. The quantitative estimate of drug-likeness (QED) is 0.701. The Kier molecular flexibility index (Phi) is 6.57. The lowest BCUT2D eigenvalue weighted by molar-refractivity contribution is 0.341. The van der Waals surface area contributed by atoms with Gasteiger partial charge in [-0.2, -0.15) is 0 Å². The molecule has 2 unspecified atom stereocenters. The van der Waals surface area contributed by atoms with Crippen molar-refractivity contribution >= 4 is 0 Å². The van der Waals surface area contributed by atoms with Crippen LogP contribution in [0.5, 0.6) is 0 Å². The molecule has 0 amide bonds. The van der Waals surface area contributed by atoms with E-state index in [1.165, 1.54) is 31.2 Å². The summed E-state index contributed by atoms with van der Waals surface area (Å²) in [6.45, 7) is 11.6. The molecular weight excluding hydrogens is 230 g/mol. The number of hydrogen-bond donors (Lipinski definition) is 1. The second-order valence-corrected chi connectivity index (χ2v) is 6.42. The van der Waals surface area contributed by atoms with Crippen LogP contribution in [0.1, 0.15) is 65.9 Å². The van der Waals surface area contributed by atoms with Crippen LogP contribution < -0.4 is 5.32 Å². The van der Waals surface area contributed by atoms with Crippen LogP contribution in [-0.2, 0) is 5.41 Å². The monoisotopic (exact) mass is 261 g/mol. The zero-order chi connectivity index (χ0) is 14.3. The van der Waals surface area contributed by atoms with Crippen molar-refractivity contribution in [3.63, 3.8) is 0 Å². The third-order valence-electron chi connectivity index (χ3n) is 4.02. The van der Waals surface area contributed by atoms with Crippen molar-refractivity contribution in [2.24, 2.45) is 0 Å². The molecular formula is C18H31N. The molecule has 19 heavy (non-hydrogen) atoms. The first kappa shape index (κ1) is 16.2. The van der Waals surface area contributed by atoms with Crippen molar-refractivity contribution in [1.82, 2.24) is 5.32 Å². The second-order valence-electron chi connectivity index (χ2n) is 6.42. The third kappa shape index (κ3) is 5.36. The van der Waals surface area contributed by atoms with E-state index in [2.05, 4.69) is 70.3 Å². The van der Waals surface area contributed by atoms with Crippen LogP contribution in [0.25, 0.3) is 0 Å². The molecule has 1 nitrogen and oxygen atoms in total. The summed E-state index contributed by atoms with van der Waals surface area (Å²) >= 11 is 0. The Morgan fingerprint density at radius 1 is 1.11 bits per heavy atom. The van der Waals surface area contributed by atoms with Crippen molar-refractivity contribution in [1.29, 1.82) is 0 Å². The van der Waals surface area contributed by atoms with Crippen molar-refractivity contribution < 1.29 is 0 Å². The Hall–Kier alpha value is -0.820. The molecule has 2 atom stereocenters. The van der Waals surface area contributed by atoms with Crippen LogP contribution >= 0.6 is 0 Å². The molecule has 0 saturated carbocycles. The Bertz CT molecular complexity index is 342. The molecule has 108 valence electrons. The van der Waals surface area contributed by atoms with E-state index in [1.807, 2.05) is 0 Å². The Balaban J connectivity index is 2.57. The van der Waals surface area contributed by atoms with Gasteiger partial charge in [-0.3, -0.25) is 0 Å². The average Bonchev–Trinajstić information content (AvgIpc) is 2.38. The van der Waals surface area contributed by atoms with Gasteiger partial charge in [-0.1, -0.05) is 64.4 Å². The summed E-state index contributed by atoms with van der Waals surface area (Å²) in [4.78, 5) is 0. The molecule has 1 aromatic carbocycles. The highest BCUT2D eigenvalue weighted by molar-refractivity contribution is 5.23. The van der Waals surface area contributed by atoms with Gasteiger partial charge in [-0.25, -0.2) is 0 Å². The molecule has 1 aromatic rings. The second kappa shape index (κ2) is 7.69. The van der Waals surface area contributed by atoms with Crippen LogP contribution in [-0.4, -0.2) is 12.1 Å². The lowest BCUT2D eigenvalue weighted by Crippen LogP contribution is -2.39. The van der Waals surface area contributed by atoms with Crippen molar-refractivity contribution in [2.75, 3.05) is 0 Å². The summed E-state index contributed by atoms with van der Waals surface area (Å²) in [7, 11) is 0. The van der Waals surface area contributed by atoms with Crippen LogP contribution in [0.15, 0.2) is 30.3 Å². The summed E-state index contributed by atoms with van der Waals surface area (Å²) < 4.78 is 0. The molecule has 0 aliphatic rings. The maximum atomic E-state index is 3.79. The highest BCUT2D eigenvalue weighted by atomic mass is 14.9. The Morgan fingerprint density at radius 3 is 2.26 bits per heavy atom. The number of nitrogens with one attached hydrogen (secondary N) is 1. The lowest BCUT2D eigenvalue weighted by atomic mass is 9.79. The fourth-order valence-corrected chi connectivity index (χ4v) is 2.99. The standard InChI is InChI=1S/C18H31N/c1-6-11-17(7-2)19-15(3)14-18(4,5)16-12-9-8-10-13-16/h8-10,12-13,15,17,19H,6-7,11,14H2,1-5H3. The van der Waals surface area contributed by atoms with E-state index < -0.39 is 0 Å². The third-order valence-corrected chi connectivity index (χ3v) is 4.02. The molecule has 0 radical (unpaired) electrons. The highest BCUT2D eigenvalue weighted by Gasteiger charge is 2.23. The van der Waals surface area contributed by atoms with Gasteiger partial charge in [0.2, 0.25) is 0 Å². The molecule has 0 aliphatic carbocycles. The average molecular weight is 261 g/mol. The number of rotatable bonds is 8. The fourth-order valence-electron chi connectivity index (χ4n) is 2.99. The first-order valence-corrected chi connectivity index (χ1v) is 7.81. The molecule has 0 fully saturated rings. The van der Waals surface area contributed by atoms with Crippen LogP contribution in [0.3, 0.4) is 0 Å². The summed E-state index contributed by atoms with van der Waals surface area (Å²) in [5.41, 5.74) is 1.67.